The molecule has 1 aromatic rings. The van der Waals surface area contributed by atoms with E-state index in [1.807, 2.05) is 12.1 Å². The smallest absolute Gasteiger partial charge is 0.148 e. The number of nitrogens with zero attached hydrogens (tertiary/aromatic N) is 1. The second kappa shape index (κ2) is 4.79. The van der Waals surface area contributed by atoms with Gasteiger partial charge in [-0.2, -0.15) is 0 Å². The van der Waals surface area contributed by atoms with E-state index in [9.17, 15) is 4.39 Å². The van der Waals surface area contributed by atoms with Crippen molar-refractivity contribution in [1.82, 2.24) is 0 Å². The first kappa shape index (κ1) is 11.8. The fraction of sp³-hybridized carbons (Fsp3) is 0.600. The molecule has 0 amide bonds. The topological polar surface area (TPSA) is 15.3 Å². The van der Waals surface area contributed by atoms with E-state index in [4.69, 9.17) is 0 Å². The van der Waals surface area contributed by atoms with Crippen LogP contribution in [0.2, 0.25) is 0 Å². The lowest BCUT2D eigenvalue weighted by Gasteiger charge is -2.20. The summed E-state index contributed by atoms with van der Waals surface area (Å²) in [5, 5.41) is 3.40. The predicted octanol–water partition coefficient (Wildman–Crippen LogP) is 3.64. The molecule has 1 aliphatic heterocycles. The maximum absolute atomic E-state index is 14.1. The Morgan fingerprint density at radius 3 is 2.61 bits per heavy atom. The summed E-state index contributed by atoms with van der Waals surface area (Å²) in [6.45, 7) is 4.16. The van der Waals surface area contributed by atoms with E-state index in [1.165, 1.54) is 25.7 Å². The summed E-state index contributed by atoms with van der Waals surface area (Å²) < 4.78 is 14.1. The molecule has 0 radical (unpaired) electrons. The monoisotopic (exact) mass is 248 g/mol. The molecule has 2 fully saturated rings. The second-order valence-electron chi connectivity index (χ2n) is 5.63. The van der Waals surface area contributed by atoms with Crippen LogP contribution in [0.3, 0.4) is 0 Å². The Hall–Kier alpha value is -1.25. The zero-order valence-corrected chi connectivity index (χ0v) is 11.0. The van der Waals surface area contributed by atoms with Crippen molar-refractivity contribution in [1.29, 1.82) is 0 Å². The van der Waals surface area contributed by atoms with Crippen LogP contribution in [0.5, 0.6) is 0 Å². The Kier molecular flexibility index (Phi) is 3.14. The van der Waals surface area contributed by atoms with Crippen LogP contribution in [0.25, 0.3) is 0 Å². The van der Waals surface area contributed by atoms with Gasteiger partial charge < -0.3 is 10.2 Å². The van der Waals surface area contributed by atoms with E-state index in [0.29, 0.717) is 6.04 Å². The summed E-state index contributed by atoms with van der Waals surface area (Å²) in [5.41, 5.74) is 1.67. The Bertz CT molecular complexity index is 423. The van der Waals surface area contributed by atoms with Gasteiger partial charge in [0.25, 0.3) is 0 Å². The summed E-state index contributed by atoms with van der Waals surface area (Å²) in [7, 11) is 0. The zero-order valence-electron chi connectivity index (χ0n) is 11.0. The summed E-state index contributed by atoms with van der Waals surface area (Å²) in [5.74, 6) is 0.691. The molecule has 18 heavy (non-hydrogen) atoms. The minimum absolute atomic E-state index is 0.0927. The van der Waals surface area contributed by atoms with Gasteiger partial charge in [-0.15, -0.1) is 0 Å². The van der Waals surface area contributed by atoms with Crippen molar-refractivity contribution < 1.29 is 4.39 Å². The third-order valence-electron chi connectivity index (χ3n) is 4.12. The first-order valence-electron chi connectivity index (χ1n) is 7.05. The Balaban J connectivity index is 1.71. The van der Waals surface area contributed by atoms with E-state index >= 15 is 0 Å². The first-order valence-corrected chi connectivity index (χ1v) is 7.05. The molecule has 1 aromatic carbocycles. The number of hydrogen-bond acceptors (Lipinski definition) is 2. The highest BCUT2D eigenvalue weighted by Gasteiger charge is 2.27. The molecule has 0 bridgehead atoms. The van der Waals surface area contributed by atoms with Crippen LogP contribution in [-0.2, 0) is 0 Å². The van der Waals surface area contributed by atoms with Gasteiger partial charge in [0.2, 0.25) is 0 Å². The molecule has 2 aliphatic rings. The summed E-state index contributed by atoms with van der Waals surface area (Å²) >= 11 is 0. The van der Waals surface area contributed by atoms with Gasteiger partial charge in [-0.25, -0.2) is 4.39 Å². The van der Waals surface area contributed by atoms with Gasteiger partial charge >= 0.3 is 0 Å². The molecule has 1 saturated heterocycles. The highest BCUT2D eigenvalue weighted by Crippen LogP contribution is 2.34. The number of hydrogen-bond donors (Lipinski definition) is 1. The third kappa shape index (κ3) is 2.45. The fourth-order valence-corrected chi connectivity index (χ4v) is 2.79. The van der Waals surface area contributed by atoms with Crippen molar-refractivity contribution in [2.24, 2.45) is 5.92 Å². The minimum Gasteiger partial charge on any atom is -0.382 e. The molecule has 1 unspecified atom stereocenters. The van der Waals surface area contributed by atoms with Crippen molar-refractivity contribution in [3.8, 4) is 0 Å². The average molecular weight is 248 g/mol. The molecule has 1 aliphatic carbocycles. The van der Waals surface area contributed by atoms with Crippen LogP contribution in [0.4, 0.5) is 15.8 Å². The van der Waals surface area contributed by atoms with Gasteiger partial charge in [-0.05, 0) is 56.7 Å². The minimum atomic E-state index is -0.0927. The van der Waals surface area contributed by atoms with Crippen molar-refractivity contribution in [3.05, 3.63) is 24.0 Å². The predicted molar refractivity (Wildman–Crippen MR) is 73.7 cm³/mol. The van der Waals surface area contributed by atoms with Gasteiger partial charge in [-0.1, -0.05) is 0 Å². The van der Waals surface area contributed by atoms with Crippen molar-refractivity contribution in [2.45, 2.75) is 38.6 Å². The number of halogens is 1. The molecule has 98 valence electrons. The normalized spacial score (nSPS) is 21.1. The van der Waals surface area contributed by atoms with E-state index in [2.05, 4.69) is 17.1 Å². The number of benzene rings is 1. The van der Waals surface area contributed by atoms with Crippen molar-refractivity contribution in [2.75, 3.05) is 23.3 Å². The van der Waals surface area contributed by atoms with Gasteiger partial charge in [0, 0.05) is 24.8 Å². The van der Waals surface area contributed by atoms with Gasteiger partial charge in [0.15, 0.2) is 0 Å². The van der Waals surface area contributed by atoms with Crippen LogP contribution in [0.1, 0.15) is 32.6 Å². The van der Waals surface area contributed by atoms with Crippen LogP contribution in [0.15, 0.2) is 18.2 Å². The van der Waals surface area contributed by atoms with Gasteiger partial charge in [0.05, 0.1) is 5.69 Å². The molecule has 1 saturated carbocycles. The van der Waals surface area contributed by atoms with E-state index in [-0.39, 0.29) is 5.82 Å². The standard InChI is InChI=1S/C15H21FN2/c1-11(12-4-5-12)17-13-6-7-15(14(16)10-13)18-8-2-3-9-18/h6-7,10-12,17H,2-5,8-9H2,1H3. The van der Waals surface area contributed by atoms with Crippen molar-refractivity contribution in [3.63, 3.8) is 0 Å². The molecule has 2 nitrogen and oxygen atoms in total. The molecular formula is C15H21FN2. The fourth-order valence-electron chi connectivity index (χ4n) is 2.79. The summed E-state index contributed by atoms with van der Waals surface area (Å²) in [6, 6.07) is 6.03. The summed E-state index contributed by atoms with van der Waals surface area (Å²) in [6.07, 6.45) is 4.97. The lowest BCUT2D eigenvalue weighted by molar-refractivity contribution is 0.622. The van der Waals surface area contributed by atoms with E-state index in [0.717, 1.165) is 30.4 Å². The van der Waals surface area contributed by atoms with Crippen molar-refractivity contribution >= 4 is 11.4 Å². The largest absolute Gasteiger partial charge is 0.382 e. The lowest BCUT2D eigenvalue weighted by atomic mass is 10.2. The van der Waals surface area contributed by atoms with E-state index in [1.54, 1.807) is 6.07 Å². The molecule has 0 spiro atoms. The number of nitrogens with one attached hydrogen (secondary N) is 1. The molecule has 0 aromatic heterocycles. The zero-order chi connectivity index (χ0) is 12.5. The average Bonchev–Trinajstić information content (AvgIpc) is 3.07. The Morgan fingerprint density at radius 1 is 1.28 bits per heavy atom. The second-order valence-corrected chi connectivity index (χ2v) is 5.63. The van der Waals surface area contributed by atoms with Crippen LogP contribution >= 0.6 is 0 Å². The summed E-state index contributed by atoms with van der Waals surface area (Å²) in [4.78, 5) is 2.14. The first-order chi connectivity index (χ1) is 8.74. The number of rotatable bonds is 4. The molecular weight excluding hydrogens is 227 g/mol. The van der Waals surface area contributed by atoms with Crippen LogP contribution < -0.4 is 10.2 Å². The lowest BCUT2D eigenvalue weighted by Crippen LogP contribution is -2.20. The molecule has 1 heterocycles. The molecule has 3 rings (SSSR count). The maximum Gasteiger partial charge on any atom is 0.148 e. The highest BCUT2D eigenvalue weighted by atomic mass is 19.1. The van der Waals surface area contributed by atoms with Crippen LogP contribution in [0, 0.1) is 11.7 Å². The van der Waals surface area contributed by atoms with Gasteiger partial charge in [-0.3, -0.25) is 0 Å². The highest BCUT2D eigenvalue weighted by molar-refractivity contribution is 5.57. The Morgan fingerprint density at radius 2 is 2.00 bits per heavy atom. The molecule has 1 N–H and O–H groups in total. The van der Waals surface area contributed by atoms with Gasteiger partial charge in [0.1, 0.15) is 5.82 Å². The number of anilines is 2. The Labute approximate surface area is 108 Å². The van der Waals surface area contributed by atoms with E-state index < -0.39 is 0 Å². The maximum atomic E-state index is 14.1. The molecule has 3 heteroatoms. The SMILES string of the molecule is CC(Nc1ccc(N2CCCC2)c(F)c1)C1CC1. The van der Waals surface area contributed by atoms with Crippen LogP contribution in [-0.4, -0.2) is 19.1 Å². The third-order valence-corrected chi connectivity index (χ3v) is 4.12. The quantitative estimate of drug-likeness (QED) is 0.875. The molecule has 1 atom stereocenters.